The van der Waals surface area contributed by atoms with E-state index >= 15 is 0 Å². The number of ketones is 1. The standard InChI is InChI=1S/C36H28ClNO5S/c1-2-42-36(41)32-29(23-9-8-12-27(19-23)43-26-10-4-3-5-11-26)20-24(21-30(32)39)22-15-17-25(18-16-22)38-35(40)34-33(37)28-13-6-7-14-31(28)44-34/h3-19,21,29,32H,2,20H2,1H3,(H,38,40). The van der Waals surface area contributed by atoms with Gasteiger partial charge in [-0.2, -0.15) is 0 Å². The van der Waals surface area contributed by atoms with E-state index in [9.17, 15) is 14.4 Å². The molecule has 1 N–H and O–H groups in total. The van der Waals surface area contributed by atoms with Crippen LogP contribution in [0.15, 0.2) is 109 Å². The van der Waals surface area contributed by atoms with Gasteiger partial charge in [-0.25, -0.2) is 0 Å². The highest BCUT2D eigenvalue weighted by Crippen LogP contribution is 2.42. The van der Waals surface area contributed by atoms with Gasteiger partial charge in [0.05, 0.1) is 11.6 Å². The van der Waals surface area contributed by atoms with Crippen LogP contribution in [0.3, 0.4) is 0 Å². The minimum Gasteiger partial charge on any atom is -0.465 e. The van der Waals surface area contributed by atoms with Gasteiger partial charge in [-0.1, -0.05) is 72.3 Å². The Hall–Kier alpha value is -4.72. The van der Waals surface area contributed by atoms with E-state index in [4.69, 9.17) is 21.1 Å². The molecule has 1 amide bonds. The van der Waals surface area contributed by atoms with Gasteiger partial charge in [0.1, 0.15) is 22.3 Å². The molecule has 0 fully saturated rings. The molecule has 1 aliphatic carbocycles. The molecule has 6 nitrogen and oxygen atoms in total. The van der Waals surface area contributed by atoms with Gasteiger partial charge in [0.2, 0.25) is 0 Å². The molecule has 1 aliphatic rings. The monoisotopic (exact) mass is 621 g/mol. The highest BCUT2D eigenvalue weighted by atomic mass is 35.5. The Morgan fingerprint density at radius 2 is 1.64 bits per heavy atom. The Balaban J connectivity index is 1.24. The lowest BCUT2D eigenvalue weighted by molar-refractivity contribution is -0.151. The van der Waals surface area contributed by atoms with E-state index in [1.54, 1.807) is 19.1 Å². The molecule has 4 aromatic carbocycles. The van der Waals surface area contributed by atoms with Crippen LogP contribution in [-0.2, 0) is 14.3 Å². The summed E-state index contributed by atoms with van der Waals surface area (Å²) in [6, 6.07) is 31.8. The van der Waals surface area contributed by atoms with Crippen LogP contribution in [0.5, 0.6) is 11.5 Å². The molecule has 2 atom stereocenters. The number of rotatable bonds is 8. The molecule has 0 saturated carbocycles. The third-order valence-electron chi connectivity index (χ3n) is 7.53. The van der Waals surface area contributed by atoms with Crippen LogP contribution < -0.4 is 10.1 Å². The third-order valence-corrected chi connectivity index (χ3v) is 9.20. The molecule has 0 radical (unpaired) electrons. The van der Waals surface area contributed by atoms with Crippen molar-refractivity contribution in [1.29, 1.82) is 0 Å². The fourth-order valence-corrected chi connectivity index (χ4v) is 6.86. The lowest BCUT2D eigenvalue weighted by atomic mass is 9.73. The van der Waals surface area contributed by atoms with Crippen molar-refractivity contribution >= 4 is 61.9 Å². The summed E-state index contributed by atoms with van der Waals surface area (Å²) in [5.41, 5.74) is 3.02. The van der Waals surface area contributed by atoms with Crippen LogP contribution in [0.25, 0.3) is 15.7 Å². The molecule has 0 bridgehead atoms. The van der Waals surface area contributed by atoms with Gasteiger partial charge in [0, 0.05) is 21.7 Å². The zero-order chi connectivity index (χ0) is 30.6. The summed E-state index contributed by atoms with van der Waals surface area (Å²) in [4.78, 5) is 39.9. The maximum atomic E-state index is 13.5. The summed E-state index contributed by atoms with van der Waals surface area (Å²) in [5.74, 6) is -1.24. The number of ether oxygens (including phenoxy) is 2. The number of nitrogens with one attached hydrogen (secondary N) is 1. The van der Waals surface area contributed by atoms with E-state index in [0.29, 0.717) is 33.5 Å². The normalized spacial score (nSPS) is 16.3. The summed E-state index contributed by atoms with van der Waals surface area (Å²) in [6.07, 6.45) is 1.97. The first kappa shape index (κ1) is 29.4. The van der Waals surface area contributed by atoms with Gasteiger partial charge >= 0.3 is 5.97 Å². The number of carbonyl (C=O) groups excluding carboxylic acids is 3. The van der Waals surface area contributed by atoms with Crippen LogP contribution in [0.2, 0.25) is 5.02 Å². The van der Waals surface area contributed by atoms with Crippen molar-refractivity contribution in [2.75, 3.05) is 11.9 Å². The zero-order valence-electron chi connectivity index (χ0n) is 23.8. The maximum Gasteiger partial charge on any atom is 0.317 e. The second-order valence-corrected chi connectivity index (χ2v) is 11.8. The number of amides is 1. The lowest BCUT2D eigenvalue weighted by Gasteiger charge is -2.29. The molecule has 6 rings (SSSR count). The van der Waals surface area contributed by atoms with Crippen molar-refractivity contribution in [2.24, 2.45) is 5.92 Å². The van der Waals surface area contributed by atoms with Crippen LogP contribution in [0, 0.1) is 5.92 Å². The molecular formula is C36H28ClNO5S. The van der Waals surface area contributed by atoms with Crippen molar-refractivity contribution in [3.8, 4) is 11.5 Å². The van der Waals surface area contributed by atoms with Gasteiger partial charge in [-0.05, 0) is 78.6 Å². The summed E-state index contributed by atoms with van der Waals surface area (Å²) >= 11 is 7.84. The number of hydrogen-bond acceptors (Lipinski definition) is 6. The molecule has 2 unspecified atom stereocenters. The number of allylic oxidation sites excluding steroid dienone is 2. The average Bonchev–Trinajstić information content (AvgIpc) is 3.38. The van der Waals surface area contributed by atoms with Crippen molar-refractivity contribution in [3.63, 3.8) is 0 Å². The van der Waals surface area contributed by atoms with Crippen LogP contribution >= 0.6 is 22.9 Å². The Morgan fingerprint density at radius 1 is 0.909 bits per heavy atom. The Morgan fingerprint density at radius 3 is 2.39 bits per heavy atom. The summed E-state index contributed by atoms with van der Waals surface area (Å²) in [5, 5.41) is 4.21. The zero-order valence-corrected chi connectivity index (χ0v) is 25.4. The molecule has 1 heterocycles. The highest BCUT2D eigenvalue weighted by molar-refractivity contribution is 7.21. The number of thiophene rings is 1. The second-order valence-electron chi connectivity index (χ2n) is 10.4. The SMILES string of the molecule is CCOC(=O)C1C(=O)C=C(c2ccc(NC(=O)c3sc4ccccc4c3Cl)cc2)CC1c1cccc(Oc2ccccc2)c1. The van der Waals surface area contributed by atoms with Gasteiger partial charge in [0.15, 0.2) is 5.78 Å². The predicted octanol–water partition coefficient (Wildman–Crippen LogP) is 8.92. The Bertz CT molecular complexity index is 1880. The number of esters is 1. The summed E-state index contributed by atoms with van der Waals surface area (Å²) in [6.45, 7) is 1.91. The Labute approximate surface area is 263 Å². The molecule has 220 valence electrons. The molecule has 44 heavy (non-hydrogen) atoms. The molecule has 0 saturated heterocycles. The number of hydrogen-bond donors (Lipinski definition) is 1. The molecule has 0 aliphatic heterocycles. The van der Waals surface area contributed by atoms with Crippen molar-refractivity contribution < 1.29 is 23.9 Å². The third kappa shape index (κ3) is 6.16. The molecule has 8 heteroatoms. The first-order valence-electron chi connectivity index (χ1n) is 14.2. The van der Waals surface area contributed by atoms with Crippen molar-refractivity contribution in [1.82, 2.24) is 0 Å². The van der Waals surface area contributed by atoms with E-state index in [1.165, 1.54) is 17.4 Å². The topological polar surface area (TPSA) is 81.7 Å². The number of fused-ring (bicyclic) bond motifs is 1. The van der Waals surface area contributed by atoms with Gasteiger partial charge in [0.25, 0.3) is 5.91 Å². The molecule has 1 aromatic heterocycles. The van der Waals surface area contributed by atoms with Crippen molar-refractivity contribution in [2.45, 2.75) is 19.3 Å². The first-order valence-corrected chi connectivity index (χ1v) is 15.4. The minimum absolute atomic E-state index is 0.183. The first-order chi connectivity index (χ1) is 21.4. The van der Waals surface area contributed by atoms with Crippen LogP contribution in [0.4, 0.5) is 5.69 Å². The minimum atomic E-state index is -0.963. The number of benzene rings is 4. The lowest BCUT2D eigenvalue weighted by Crippen LogP contribution is -2.34. The number of anilines is 1. The number of halogens is 1. The largest absolute Gasteiger partial charge is 0.465 e. The second kappa shape index (κ2) is 12.9. The summed E-state index contributed by atoms with van der Waals surface area (Å²) < 4.78 is 12.3. The quantitative estimate of drug-likeness (QED) is 0.138. The van der Waals surface area contributed by atoms with E-state index in [1.807, 2.05) is 91.0 Å². The van der Waals surface area contributed by atoms with E-state index in [0.717, 1.165) is 26.8 Å². The molecular weight excluding hydrogens is 594 g/mol. The van der Waals surface area contributed by atoms with Gasteiger partial charge < -0.3 is 14.8 Å². The van der Waals surface area contributed by atoms with E-state index in [-0.39, 0.29) is 18.3 Å². The predicted molar refractivity (Wildman–Crippen MR) is 175 cm³/mol. The smallest absolute Gasteiger partial charge is 0.317 e. The fraction of sp³-hybridized carbons (Fsp3) is 0.139. The number of para-hydroxylation sites is 1. The van der Waals surface area contributed by atoms with Gasteiger partial charge in [-0.3, -0.25) is 14.4 Å². The van der Waals surface area contributed by atoms with Crippen molar-refractivity contribution in [3.05, 3.63) is 130 Å². The van der Waals surface area contributed by atoms with Gasteiger partial charge in [-0.15, -0.1) is 11.3 Å². The molecule has 5 aromatic rings. The Kier molecular flexibility index (Phi) is 8.59. The highest BCUT2D eigenvalue weighted by Gasteiger charge is 2.40. The molecule has 0 spiro atoms. The summed E-state index contributed by atoms with van der Waals surface area (Å²) in [7, 11) is 0. The average molecular weight is 622 g/mol. The van der Waals surface area contributed by atoms with E-state index in [2.05, 4.69) is 5.32 Å². The van der Waals surface area contributed by atoms with E-state index < -0.39 is 17.8 Å². The fourth-order valence-electron chi connectivity index (χ4n) is 5.45. The van der Waals surface area contributed by atoms with Crippen LogP contribution in [0.1, 0.15) is 40.1 Å². The van der Waals surface area contributed by atoms with Crippen LogP contribution in [-0.4, -0.2) is 24.3 Å². The maximum absolute atomic E-state index is 13.5. The number of carbonyl (C=O) groups is 3.